The van der Waals surface area contributed by atoms with Crippen molar-refractivity contribution in [2.75, 3.05) is 37.7 Å². The third-order valence-corrected chi connectivity index (χ3v) is 3.50. The molecule has 1 aromatic rings. The summed E-state index contributed by atoms with van der Waals surface area (Å²) < 4.78 is 5.38. The Balaban J connectivity index is 2.06. The third kappa shape index (κ3) is 4.92. The first-order valence-electron chi connectivity index (χ1n) is 7.79. The van der Waals surface area contributed by atoms with E-state index in [0.29, 0.717) is 38.5 Å². The molecule has 23 heavy (non-hydrogen) atoms. The molecule has 2 N–H and O–H groups in total. The molecule has 2 heterocycles. The molecule has 2 rings (SSSR count). The van der Waals surface area contributed by atoms with Gasteiger partial charge in [-0.1, -0.05) is 0 Å². The predicted octanol–water partition coefficient (Wildman–Crippen LogP) is 0.563. The van der Waals surface area contributed by atoms with Crippen molar-refractivity contribution < 1.29 is 14.3 Å². The number of amides is 2. The minimum absolute atomic E-state index is 0.0167. The van der Waals surface area contributed by atoms with Gasteiger partial charge in [-0.15, -0.1) is 0 Å². The zero-order chi connectivity index (χ0) is 16.9. The molecule has 126 valence electrons. The largest absolute Gasteiger partial charge is 0.379 e. The lowest BCUT2D eigenvalue weighted by molar-refractivity contribution is -0.120. The highest BCUT2D eigenvalue weighted by Crippen LogP contribution is 2.16. The second-order valence-electron chi connectivity index (χ2n) is 6.15. The lowest BCUT2D eigenvalue weighted by Crippen LogP contribution is -2.48. The third-order valence-electron chi connectivity index (χ3n) is 3.50. The highest BCUT2D eigenvalue weighted by Gasteiger charge is 2.23. The lowest BCUT2D eigenvalue weighted by Gasteiger charge is -2.29. The quantitative estimate of drug-likeness (QED) is 0.800. The normalized spacial score (nSPS) is 15.3. The Morgan fingerprint density at radius 3 is 3.00 bits per heavy atom. The zero-order valence-electron chi connectivity index (χ0n) is 13.9. The number of anilines is 1. The summed E-state index contributed by atoms with van der Waals surface area (Å²) in [6.07, 6.45) is 1.59. The maximum atomic E-state index is 12.4. The van der Waals surface area contributed by atoms with E-state index in [1.165, 1.54) is 0 Å². The maximum absolute atomic E-state index is 12.4. The van der Waals surface area contributed by atoms with Gasteiger partial charge in [0.2, 0.25) is 5.91 Å². The number of piperazine rings is 1. The van der Waals surface area contributed by atoms with Crippen LogP contribution in [0.2, 0.25) is 0 Å². The molecule has 0 aromatic carbocycles. The minimum Gasteiger partial charge on any atom is -0.379 e. The van der Waals surface area contributed by atoms with Crippen molar-refractivity contribution in [1.82, 2.24) is 15.6 Å². The van der Waals surface area contributed by atoms with Crippen LogP contribution in [0, 0.1) is 0 Å². The van der Waals surface area contributed by atoms with E-state index in [4.69, 9.17) is 4.74 Å². The van der Waals surface area contributed by atoms with Gasteiger partial charge < -0.3 is 20.3 Å². The fourth-order valence-corrected chi connectivity index (χ4v) is 2.36. The molecule has 0 radical (unpaired) electrons. The van der Waals surface area contributed by atoms with Crippen LogP contribution in [0.1, 0.15) is 31.3 Å². The summed E-state index contributed by atoms with van der Waals surface area (Å²) in [6, 6.07) is 3.52. The monoisotopic (exact) mass is 320 g/mol. The Kier molecular flexibility index (Phi) is 5.54. The Bertz CT molecular complexity index is 574. The van der Waals surface area contributed by atoms with Crippen molar-refractivity contribution >= 4 is 17.5 Å². The van der Waals surface area contributed by atoms with Gasteiger partial charge in [-0.05, 0) is 32.9 Å². The topological polar surface area (TPSA) is 83.6 Å². The highest BCUT2D eigenvalue weighted by molar-refractivity contribution is 5.94. The van der Waals surface area contributed by atoms with E-state index in [2.05, 4.69) is 15.6 Å². The van der Waals surface area contributed by atoms with Gasteiger partial charge in [-0.2, -0.15) is 0 Å². The average Bonchev–Trinajstić information content (AvgIpc) is 2.53. The number of hydrogen-bond acceptors (Lipinski definition) is 5. The molecule has 0 aliphatic carbocycles. The van der Waals surface area contributed by atoms with Gasteiger partial charge in [0.25, 0.3) is 5.91 Å². The zero-order valence-corrected chi connectivity index (χ0v) is 13.9. The first kappa shape index (κ1) is 17.2. The van der Waals surface area contributed by atoms with Crippen molar-refractivity contribution in [2.24, 2.45) is 0 Å². The second-order valence-corrected chi connectivity index (χ2v) is 6.15. The van der Waals surface area contributed by atoms with Crippen LogP contribution in [0.5, 0.6) is 0 Å². The number of nitrogens with zero attached hydrogens (tertiary/aromatic N) is 2. The Hall–Kier alpha value is -2.15. The fourth-order valence-electron chi connectivity index (χ4n) is 2.36. The molecule has 0 unspecified atom stereocenters. The summed E-state index contributed by atoms with van der Waals surface area (Å²) in [5, 5.41) is 5.70. The van der Waals surface area contributed by atoms with Crippen molar-refractivity contribution in [3.63, 3.8) is 0 Å². The summed E-state index contributed by atoms with van der Waals surface area (Å²) in [5.41, 5.74) is 0.677. The number of nitrogens with one attached hydrogen (secondary N) is 2. The number of rotatable bonds is 6. The van der Waals surface area contributed by atoms with Gasteiger partial charge in [0.1, 0.15) is 5.69 Å². The smallest absolute Gasteiger partial charge is 0.270 e. The molecule has 1 aliphatic rings. The van der Waals surface area contributed by atoms with Crippen LogP contribution < -0.4 is 15.5 Å². The number of aromatic nitrogens is 1. The number of ether oxygens (including phenoxy) is 1. The first-order chi connectivity index (χ1) is 10.9. The van der Waals surface area contributed by atoms with E-state index in [0.717, 1.165) is 5.69 Å². The standard InChI is InChI=1S/C16H24N4O3/c1-4-23-11-16(2,3)19-15(22)13-9-12(5-6-17-13)20-8-7-18-14(21)10-20/h5-6,9H,4,7-8,10-11H2,1-3H3,(H,18,21)(H,19,22). The van der Waals surface area contributed by atoms with Crippen LogP contribution in [-0.4, -0.2) is 55.2 Å². The maximum Gasteiger partial charge on any atom is 0.270 e. The van der Waals surface area contributed by atoms with Crippen molar-refractivity contribution in [2.45, 2.75) is 26.3 Å². The molecule has 7 nitrogen and oxygen atoms in total. The molecule has 0 atom stereocenters. The number of carbonyl (C=O) groups excluding carboxylic acids is 2. The van der Waals surface area contributed by atoms with Gasteiger partial charge >= 0.3 is 0 Å². The molecule has 7 heteroatoms. The average molecular weight is 320 g/mol. The molecule has 1 aliphatic heterocycles. The SMILES string of the molecule is CCOCC(C)(C)NC(=O)c1cc(N2CCNC(=O)C2)ccn1. The molecular formula is C16H24N4O3. The van der Waals surface area contributed by atoms with Crippen LogP contribution >= 0.6 is 0 Å². The fraction of sp³-hybridized carbons (Fsp3) is 0.562. The van der Waals surface area contributed by atoms with Crippen LogP contribution in [-0.2, 0) is 9.53 Å². The Labute approximate surface area is 136 Å². The summed E-state index contributed by atoms with van der Waals surface area (Å²) in [4.78, 5) is 30.0. The predicted molar refractivity (Wildman–Crippen MR) is 87.5 cm³/mol. The lowest BCUT2D eigenvalue weighted by atomic mass is 10.1. The molecular weight excluding hydrogens is 296 g/mol. The molecule has 0 saturated carbocycles. The summed E-state index contributed by atoms with van der Waals surface area (Å²) in [6.45, 7) is 8.36. The van der Waals surface area contributed by atoms with Crippen molar-refractivity contribution in [1.29, 1.82) is 0 Å². The molecule has 2 amide bonds. The van der Waals surface area contributed by atoms with E-state index >= 15 is 0 Å². The summed E-state index contributed by atoms with van der Waals surface area (Å²) in [7, 11) is 0. The van der Waals surface area contributed by atoms with Gasteiger partial charge in [0.05, 0.1) is 18.7 Å². The van der Waals surface area contributed by atoms with E-state index in [-0.39, 0.29) is 11.8 Å². The number of hydrogen-bond donors (Lipinski definition) is 2. The minimum atomic E-state index is -0.476. The van der Waals surface area contributed by atoms with E-state index in [1.54, 1.807) is 18.3 Å². The van der Waals surface area contributed by atoms with Gasteiger partial charge in [-0.3, -0.25) is 14.6 Å². The van der Waals surface area contributed by atoms with Gasteiger partial charge in [0, 0.05) is 31.6 Å². The van der Waals surface area contributed by atoms with E-state index in [1.807, 2.05) is 25.7 Å². The van der Waals surface area contributed by atoms with Crippen LogP contribution in [0.15, 0.2) is 18.3 Å². The Morgan fingerprint density at radius 1 is 1.52 bits per heavy atom. The molecule has 1 saturated heterocycles. The Morgan fingerprint density at radius 2 is 2.30 bits per heavy atom. The molecule has 1 aromatic heterocycles. The van der Waals surface area contributed by atoms with Gasteiger partial charge in [-0.25, -0.2) is 0 Å². The first-order valence-corrected chi connectivity index (χ1v) is 7.79. The number of pyridine rings is 1. The molecule has 1 fully saturated rings. The van der Waals surface area contributed by atoms with Crippen LogP contribution in [0.25, 0.3) is 0 Å². The highest BCUT2D eigenvalue weighted by atomic mass is 16.5. The van der Waals surface area contributed by atoms with Crippen molar-refractivity contribution in [3.8, 4) is 0 Å². The second kappa shape index (κ2) is 7.41. The van der Waals surface area contributed by atoms with Crippen LogP contribution in [0.3, 0.4) is 0 Å². The summed E-state index contributed by atoms with van der Waals surface area (Å²) >= 11 is 0. The molecule has 0 spiro atoms. The summed E-state index contributed by atoms with van der Waals surface area (Å²) in [5.74, 6) is -0.269. The van der Waals surface area contributed by atoms with E-state index in [9.17, 15) is 9.59 Å². The van der Waals surface area contributed by atoms with Crippen molar-refractivity contribution in [3.05, 3.63) is 24.0 Å². The van der Waals surface area contributed by atoms with E-state index < -0.39 is 5.54 Å². The van der Waals surface area contributed by atoms with Gasteiger partial charge in [0.15, 0.2) is 0 Å². The number of carbonyl (C=O) groups is 2. The molecule has 0 bridgehead atoms. The van der Waals surface area contributed by atoms with Crippen LogP contribution in [0.4, 0.5) is 5.69 Å².